The highest BCUT2D eigenvalue weighted by Gasteiger charge is 2.05. The summed E-state index contributed by atoms with van der Waals surface area (Å²) in [5.74, 6) is 0.0259. The van der Waals surface area contributed by atoms with Gasteiger partial charge in [0.1, 0.15) is 5.82 Å². The highest BCUT2D eigenvalue weighted by atomic mass is 35.5. The van der Waals surface area contributed by atoms with Gasteiger partial charge in [-0.05, 0) is 18.6 Å². The van der Waals surface area contributed by atoms with Crippen LogP contribution in [0, 0.1) is 5.82 Å². The second-order valence-corrected chi connectivity index (χ2v) is 3.10. The molecule has 0 spiro atoms. The molecule has 0 atom stereocenters. The first-order valence-corrected chi connectivity index (χ1v) is 4.62. The van der Waals surface area contributed by atoms with Crippen LogP contribution in [-0.4, -0.2) is 11.7 Å². The molecule has 13 heavy (non-hydrogen) atoms. The minimum atomic E-state index is -0.378. The summed E-state index contributed by atoms with van der Waals surface area (Å²) < 4.78 is 12.7. The predicted octanol–water partition coefficient (Wildman–Crippen LogP) is 3.03. The smallest absolute Gasteiger partial charge is 0.163 e. The molecule has 0 fully saturated rings. The number of ketones is 1. The Balaban J connectivity index is 2.66. The van der Waals surface area contributed by atoms with Gasteiger partial charge in [-0.15, -0.1) is 11.6 Å². The lowest BCUT2D eigenvalue weighted by atomic mass is 10.1. The molecule has 1 aromatic carbocycles. The van der Waals surface area contributed by atoms with Crippen molar-refractivity contribution in [3.8, 4) is 0 Å². The number of benzene rings is 1. The van der Waals surface area contributed by atoms with Gasteiger partial charge < -0.3 is 0 Å². The van der Waals surface area contributed by atoms with Gasteiger partial charge >= 0.3 is 0 Å². The molecule has 0 aromatic heterocycles. The maximum Gasteiger partial charge on any atom is 0.163 e. The highest BCUT2D eigenvalue weighted by molar-refractivity contribution is 6.18. The molecule has 0 N–H and O–H groups in total. The van der Waals surface area contributed by atoms with Crippen molar-refractivity contribution < 1.29 is 9.18 Å². The van der Waals surface area contributed by atoms with E-state index in [2.05, 4.69) is 0 Å². The van der Waals surface area contributed by atoms with Crippen LogP contribution in [0.1, 0.15) is 23.2 Å². The van der Waals surface area contributed by atoms with Gasteiger partial charge in [0.25, 0.3) is 0 Å². The quantitative estimate of drug-likeness (QED) is 0.540. The van der Waals surface area contributed by atoms with Crippen molar-refractivity contribution in [1.82, 2.24) is 0 Å². The normalized spacial score (nSPS) is 10.0. The topological polar surface area (TPSA) is 17.1 Å². The molecule has 0 aliphatic heterocycles. The van der Waals surface area contributed by atoms with Gasteiger partial charge in [0, 0.05) is 17.9 Å². The third-order valence-electron chi connectivity index (χ3n) is 1.68. The number of carbonyl (C=O) groups excluding carboxylic acids is 1. The van der Waals surface area contributed by atoms with E-state index in [0.717, 1.165) is 0 Å². The van der Waals surface area contributed by atoms with E-state index >= 15 is 0 Å². The lowest BCUT2D eigenvalue weighted by Gasteiger charge is -1.98. The van der Waals surface area contributed by atoms with Gasteiger partial charge in [0.15, 0.2) is 5.78 Å². The largest absolute Gasteiger partial charge is 0.294 e. The fourth-order valence-corrected chi connectivity index (χ4v) is 1.17. The maximum absolute atomic E-state index is 12.7. The Labute approximate surface area is 81.5 Å². The third kappa shape index (κ3) is 3.15. The van der Waals surface area contributed by atoms with Gasteiger partial charge in [-0.2, -0.15) is 0 Å². The molecule has 0 aliphatic carbocycles. The van der Waals surface area contributed by atoms with Crippen LogP contribution < -0.4 is 0 Å². The van der Waals surface area contributed by atoms with Crippen molar-refractivity contribution in [2.45, 2.75) is 12.8 Å². The molecule has 0 aliphatic rings. The van der Waals surface area contributed by atoms with Crippen molar-refractivity contribution in [3.63, 3.8) is 0 Å². The minimum absolute atomic E-state index is 0.0554. The molecule has 0 amide bonds. The van der Waals surface area contributed by atoms with Crippen molar-refractivity contribution >= 4 is 17.4 Å². The first-order chi connectivity index (χ1) is 6.24. The summed E-state index contributed by atoms with van der Waals surface area (Å²) in [6.45, 7) is 0. The molecule has 0 radical (unpaired) electrons. The van der Waals surface area contributed by atoms with E-state index in [1.165, 1.54) is 18.2 Å². The van der Waals surface area contributed by atoms with Crippen molar-refractivity contribution in [1.29, 1.82) is 0 Å². The van der Waals surface area contributed by atoms with Crippen LogP contribution in [0.4, 0.5) is 4.39 Å². The van der Waals surface area contributed by atoms with Gasteiger partial charge in [0.05, 0.1) is 0 Å². The van der Waals surface area contributed by atoms with Crippen molar-refractivity contribution in [2.24, 2.45) is 0 Å². The van der Waals surface area contributed by atoms with Crippen molar-refractivity contribution in [2.75, 3.05) is 5.88 Å². The fraction of sp³-hybridized carbons (Fsp3) is 0.300. The van der Waals surface area contributed by atoms with Crippen LogP contribution in [0.15, 0.2) is 24.3 Å². The Kier molecular flexibility index (Phi) is 3.90. The molecule has 0 saturated heterocycles. The second-order valence-electron chi connectivity index (χ2n) is 2.73. The zero-order valence-corrected chi connectivity index (χ0v) is 7.85. The monoisotopic (exact) mass is 200 g/mol. The van der Waals surface area contributed by atoms with Crippen LogP contribution in [0.5, 0.6) is 0 Å². The van der Waals surface area contributed by atoms with Crippen LogP contribution in [0.25, 0.3) is 0 Å². The average Bonchev–Trinajstić information content (AvgIpc) is 2.14. The lowest BCUT2D eigenvalue weighted by molar-refractivity contribution is 0.0981. The Bertz CT molecular complexity index is 299. The van der Waals surface area contributed by atoms with Crippen LogP contribution >= 0.6 is 11.6 Å². The van der Waals surface area contributed by atoms with E-state index in [1.54, 1.807) is 6.07 Å². The Morgan fingerprint density at radius 1 is 1.46 bits per heavy atom. The van der Waals surface area contributed by atoms with E-state index in [9.17, 15) is 9.18 Å². The Morgan fingerprint density at radius 3 is 2.85 bits per heavy atom. The Hall–Kier alpha value is -0.890. The summed E-state index contributed by atoms with van der Waals surface area (Å²) in [6.07, 6.45) is 1.02. The summed E-state index contributed by atoms with van der Waals surface area (Å²) in [5, 5.41) is 0. The lowest BCUT2D eigenvalue weighted by Crippen LogP contribution is -1.99. The molecule has 1 aromatic rings. The summed E-state index contributed by atoms with van der Waals surface area (Å²) in [7, 11) is 0. The number of alkyl halides is 1. The predicted molar refractivity (Wildman–Crippen MR) is 50.7 cm³/mol. The van der Waals surface area contributed by atoms with E-state index in [1.807, 2.05) is 0 Å². The molecule has 70 valence electrons. The third-order valence-corrected chi connectivity index (χ3v) is 1.95. The maximum atomic E-state index is 12.7. The number of hydrogen-bond acceptors (Lipinski definition) is 1. The number of carbonyl (C=O) groups is 1. The summed E-state index contributed by atoms with van der Waals surface area (Å²) in [4.78, 5) is 11.3. The average molecular weight is 201 g/mol. The summed E-state index contributed by atoms with van der Waals surface area (Å²) in [5.41, 5.74) is 0.421. The molecule has 0 unspecified atom stereocenters. The van der Waals surface area contributed by atoms with Crippen molar-refractivity contribution in [3.05, 3.63) is 35.6 Å². The number of halogens is 2. The highest BCUT2D eigenvalue weighted by Crippen LogP contribution is 2.08. The first kappa shape index (κ1) is 10.2. The van der Waals surface area contributed by atoms with Gasteiger partial charge in [-0.25, -0.2) is 4.39 Å². The van der Waals surface area contributed by atoms with Crippen LogP contribution in [-0.2, 0) is 0 Å². The van der Waals surface area contributed by atoms with Crippen LogP contribution in [0.2, 0.25) is 0 Å². The van der Waals surface area contributed by atoms with Gasteiger partial charge in [-0.1, -0.05) is 12.1 Å². The number of Topliss-reactive ketones (excluding diaryl/α,β-unsaturated/α-hetero) is 1. The van der Waals surface area contributed by atoms with E-state index in [4.69, 9.17) is 11.6 Å². The zero-order chi connectivity index (χ0) is 9.68. The van der Waals surface area contributed by atoms with Gasteiger partial charge in [0.2, 0.25) is 0 Å². The fourth-order valence-electron chi connectivity index (χ4n) is 1.03. The molecule has 0 heterocycles. The summed E-state index contributed by atoms with van der Waals surface area (Å²) >= 11 is 5.44. The molecule has 1 rings (SSSR count). The molecule has 0 saturated carbocycles. The van der Waals surface area contributed by atoms with Crippen LogP contribution in [0.3, 0.4) is 0 Å². The first-order valence-electron chi connectivity index (χ1n) is 4.09. The standard InChI is InChI=1S/C10H10ClFO/c11-6-2-5-10(13)8-3-1-4-9(12)7-8/h1,3-4,7H,2,5-6H2. The van der Waals surface area contributed by atoms with E-state index < -0.39 is 0 Å². The molecule has 3 heteroatoms. The molecular weight excluding hydrogens is 191 g/mol. The minimum Gasteiger partial charge on any atom is -0.294 e. The van der Waals surface area contributed by atoms with E-state index in [0.29, 0.717) is 24.3 Å². The Morgan fingerprint density at radius 2 is 2.23 bits per heavy atom. The molecule has 1 nitrogen and oxygen atoms in total. The number of hydrogen-bond donors (Lipinski definition) is 0. The molecular formula is C10H10ClFO. The van der Waals surface area contributed by atoms with Gasteiger partial charge in [-0.3, -0.25) is 4.79 Å². The SMILES string of the molecule is O=C(CCCCl)c1cccc(F)c1. The zero-order valence-electron chi connectivity index (χ0n) is 7.09. The van der Waals surface area contributed by atoms with E-state index in [-0.39, 0.29) is 11.6 Å². The number of rotatable bonds is 4. The molecule has 0 bridgehead atoms. The summed E-state index contributed by atoms with van der Waals surface area (Å²) in [6, 6.07) is 5.71. The second kappa shape index (κ2) is 4.97.